The van der Waals surface area contributed by atoms with Gasteiger partial charge < -0.3 is 0 Å². The number of hydrogen-bond donors (Lipinski definition) is 1. The number of rotatable bonds is 1. The van der Waals surface area contributed by atoms with Crippen molar-refractivity contribution >= 4 is 0 Å². The van der Waals surface area contributed by atoms with E-state index in [9.17, 15) is 0 Å². The SMILES string of the molecule is N#CC1(c2nnn[nH]2)CCCC1. The van der Waals surface area contributed by atoms with E-state index in [1.165, 1.54) is 0 Å². The molecule has 62 valence electrons. The third-order valence-electron chi connectivity index (χ3n) is 2.47. The van der Waals surface area contributed by atoms with Gasteiger partial charge in [-0.15, -0.1) is 5.10 Å². The van der Waals surface area contributed by atoms with Gasteiger partial charge in [-0.1, -0.05) is 12.8 Å². The van der Waals surface area contributed by atoms with Gasteiger partial charge in [-0.3, -0.25) is 0 Å². The summed E-state index contributed by atoms with van der Waals surface area (Å²) in [4.78, 5) is 0. The van der Waals surface area contributed by atoms with Crippen LogP contribution in [0.5, 0.6) is 0 Å². The van der Waals surface area contributed by atoms with Gasteiger partial charge in [0.1, 0.15) is 5.41 Å². The number of tetrazole rings is 1. The molecule has 5 heteroatoms. The van der Waals surface area contributed by atoms with Crippen molar-refractivity contribution in [3.05, 3.63) is 5.82 Å². The molecule has 0 radical (unpaired) electrons. The van der Waals surface area contributed by atoms with Crippen molar-refractivity contribution in [3.63, 3.8) is 0 Å². The molecule has 12 heavy (non-hydrogen) atoms. The molecule has 1 aliphatic carbocycles. The van der Waals surface area contributed by atoms with Gasteiger partial charge in [0.2, 0.25) is 0 Å². The van der Waals surface area contributed by atoms with Crippen LogP contribution in [0.4, 0.5) is 0 Å². The lowest BCUT2D eigenvalue weighted by Crippen LogP contribution is -2.21. The van der Waals surface area contributed by atoms with Crippen LogP contribution in [0.1, 0.15) is 31.5 Å². The number of aromatic nitrogens is 4. The number of nitrogens with one attached hydrogen (secondary N) is 1. The summed E-state index contributed by atoms with van der Waals surface area (Å²) in [5, 5.41) is 22.5. The van der Waals surface area contributed by atoms with Gasteiger partial charge >= 0.3 is 0 Å². The lowest BCUT2D eigenvalue weighted by molar-refractivity contribution is 0.534. The van der Waals surface area contributed by atoms with Crippen LogP contribution in [-0.2, 0) is 5.41 Å². The second-order valence-electron chi connectivity index (χ2n) is 3.15. The second kappa shape index (κ2) is 2.55. The van der Waals surface area contributed by atoms with E-state index in [2.05, 4.69) is 26.7 Å². The van der Waals surface area contributed by atoms with E-state index in [-0.39, 0.29) is 0 Å². The number of H-pyrrole nitrogens is 1. The van der Waals surface area contributed by atoms with Crippen LogP contribution in [0.25, 0.3) is 0 Å². The van der Waals surface area contributed by atoms with Crippen molar-refractivity contribution in [1.82, 2.24) is 20.6 Å². The Morgan fingerprint density at radius 1 is 1.42 bits per heavy atom. The zero-order valence-electron chi connectivity index (χ0n) is 6.62. The zero-order chi connectivity index (χ0) is 8.44. The molecule has 0 spiro atoms. The molecule has 1 aliphatic rings. The molecule has 5 nitrogen and oxygen atoms in total. The molecule has 0 bridgehead atoms. The molecular formula is C7H9N5. The Bertz CT molecular complexity index is 290. The maximum Gasteiger partial charge on any atom is 0.168 e. The summed E-state index contributed by atoms with van der Waals surface area (Å²) in [7, 11) is 0. The van der Waals surface area contributed by atoms with Crippen molar-refractivity contribution in [1.29, 1.82) is 5.26 Å². The summed E-state index contributed by atoms with van der Waals surface area (Å²) < 4.78 is 0. The van der Waals surface area contributed by atoms with Crippen LogP contribution in [-0.4, -0.2) is 20.6 Å². The fourth-order valence-electron chi connectivity index (χ4n) is 1.74. The molecule has 0 unspecified atom stereocenters. The van der Waals surface area contributed by atoms with Crippen molar-refractivity contribution in [2.24, 2.45) is 0 Å². The second-order valence-corrected chi connectivity index (χ2v) is 3.15. The highest BCUT2D eigenvalue weighted by atomic mass is 15.5. The maximum atomic E-state index is 9.02. The fourth-order valence-corrected chi connectivity index (χ4v) is 1.74. The first-order chi connectivity index (χ1) is 5.87. The van der Waals surface area contributed by atoms with Gasteiger partial charge in [-0.05, 0) is 23.3 Å². The van der Waals surface area contributed by atoms with Gasteiger partial charge in [0.15, 0.2) is 5.82 Å². The first-order valence-electron chi connectivity index (χ1n) is 4.03. The molecule has 1 aromatic heterocycles. The van der Waals surface area contributed by atoms with Crippen LogP contribution in [0.3, 0.4) is 0 Å². The fraction of sp³-hybridized carbons (Fsp3) is 0.714. The molecule has 1 fully saturated rings. The summed E-state index contributed by atoms with van der Waals surface area (Å²) in [6.45, 7) is 0. The number of nitrogens with zero attached hydrogens (tertiary/aromatic N) is 4. The summed E-state index contributed by atoms with van der Waals surface area (Å²) >= 11 is 0. The van der Waals surface area contributed by atoms with Crippen LogP contribution < -0.4 is 0 Å². The summed E-state index contributed by atoms with van der Waals surface area (Å²) in [6.07, 6.45) is 3.93. The molecule has 2 rings (SSSR count). The lowest BCUT2D eigenvalue weighted by Gasteiger charge is -2.14. The normalized spacial score (nSPS) is 20.6. The van der Waals surface area contributed by atoms with Gasteiger partial charge in [0.25, 0.3) is 0 Å². The van der Waals surface area contributed by atoms with E-state index in [0.717, 1.165) is 25.7 Å². The Morgan fingerprint density at radius 2 is 2.17 bits per heavy atom. The molecule has 0 amide bonds. The first-order valence-corrected chi connectivity index (χ1v) is 4.03. The van der Waals surface area contributed by atoms with Crippen LogP contribution in [0, 0.1) is 11.3 Å². The Balaban J connectivity index is 2.36. The van der Waals surface area contributed by atoms with E-state index in [4.69, 9.17) is 5.26 Å². The molecule has 1 saturated carbocycles. The molecule has 0 atom stereocenters. The first kappa shape index (κ1) is 7.22. The minimum Gasteiger partial charge on any atom is -0.241 e. The van der Waals surface area contributed by atoms with Crippen molar-refractivity contribution in [3.8, 4) is 6.07 Å². The van der Waals surface area contributed by atoms with Crippen LogP contribution in [0.2, 0.25) is 0 Å². The van der Waals surface area contributed by atoms with E-state index >= 15 is 0 Å². The number of nitriles is 1. The predicted molar refractivity (Wildman–Crippen MR) is 39.9 cm³/mol. The zero-order valence-corrected chi connectivity index (χ0v) is 6.62. The van der Waals surface area contributed by atoms with E-state index in [0.29, 0.717) is 5.82 Å². The highest BCUT2D eigenvalue weighted by molar-refractivity contribution is 5.20. The number of aromatic amines is 1. The van der Waals surface area contributed by atoms with E-state index in [1.54, 1.807) is 0 Å². The minimum absolute atomic E-state index is 0.427. The summed E-state index contributed by atoms with van der Waals surface area (Å²) in [5.74, 6) is 0.627. The largest absolute Gasteiger partial charge is 0.241 e. The number of hydrogen-bond acceptors (Lipinski definition) is 4. The molecule has 1 heterocycles. The molecule has 0 aromatic carbocycles. The van der Waals surface area contributed by atoms with Crippen LogP contribution >= 0.6 is 0 Å². The standard InChI is InChI=1S/C7H9N5/c8-5-7(3-1-2-4-7)6-9-11-12-10-6/h1-4H2,(H,9,10,11,12). The molecule has 1 N–H and O–H groups in total. The van der Waals surface area contributed by atoms with Crippen molar-refractivity contribution < 1.29 is 0 Å². The van der Waals surface area contributed by atoms with Gasteiger partial charge in [-0.25, -0.2) is 5.10 Å². The average molecular weight is 163 g/mol. The third-order valence-corrected chi connectivity index (χ3v) is 2.47. The van der Waals surface area contributed by atoms with Gasteiger partial charge in [0.05, 0.1) is 6.07 Å². The van der Waals surface area contributed by atoms with E-state index in [1.807, 2.05) is 0 Å². The highest BCUT2D eigenvalue weighted by Gasteiger charge is 2.38. The lowest BCUT2D eigenvalue weighted by atomic mass is 9.87. The molecular weight excluding hydrogens is 154 g/mol. The monoisotopic (exact) mass is 163 g/mol. The smallest absolute Gasteiger partial charge is 0.168 e. The predicted octanol–water partition coefficient (Wildman–Crippen LogP) is 0.535. The summed E-state index contributed by atoms with van der Waals surface area (Å²) in [5.41, 5.74) is -0.427. The van der Waals surface area contributed by atoms with Crippen LogP contribution in [0.15, 0.2) is 0 Å². The quantitative estimate of drug-likeness (QED) is 0.655. The average Bonchev–Trinajstić information content (AvgIpc) is 2.76. The molecule has 0 saturated heterocycles. The molecule has 1 aromatic rings. The third kappa shape index (κ3) is 0.881. The molecule has 0 aliphatic heterocycles. The van der Waals surface area contributed by atoms with E-state index < -0.39 is 5.41 Å². The van der Waals surface area contributed by atoms with Crippen molar-refractivity contribution in [2.45, 2.75) is 31.1 Å². The Morgan fingerprint density at radius 3 is 2.67 bits per heavy atom. The Labute approximate surface area is 69.8 Å². The highest BCUT2D eigenvalue weighted by Crippen LogP contribution is 2.38. The minimum atomic E-state index is -0.427. The van der Waals surface area contributed by atoms with Crippen molar-refractivity contribution in [2.75, 3.05) is 0 Å². The maximum absolute atomic E-state index is 9.02. The Hall–Kier alpha value is -1.44. The Kier molecular flexibility index (Phi) is 1.54. The van der Waals surface area contributed by atoms with Gasteiger partial charge in [0, 0.05) is 0 Å². The summed E-state index contributed by atoms with van der Waals surface area (Å²) in [6, 6.07) is 2.31. The topological polar surface area (TPSA) is 78.2 Å². The van der Waals surface area contributed by atoms with Gasteiger partial charge in [-0.2, -0.15) is 5.26 Å².